The van der Waals surface area contributed by atoms with Gasteiger partial charge in [0.15, 0.2) is 5.78 Å². The van der Waals surface area contributed by atoms with E-state index in [1.807, 2.05) is 49.5 Å². The number of ether oxygens (including phenoxy) is 1. The van der Waals surface area contributed by atoms with Crippen LogP contribution in [0, 0.1) is 0 Å². The summed E-state index contributed by atoms with van der Waals surface area (Å²) in [6.07, 6.45) is 1.87. The summed E-state index contributed by atoms with van der Waals surface area (Å²) >= 11 is 1.42. The van der Waals surface area contributed by atoms with Crippen molar-refractivity contribution in [2.24, 2.45) is 0 Å². The van der Waals surface area contributed by atoms with Gasteiger partial charge >= 0.3 is 0 Å². The second-order valence-electron chi connectivity index (χ2n) is 6.22. The number of aromatic amines is 1. The van der Waals surface area contributed by atoms with Gasteiger partial charge in [0.05, 0.1) is 12.2 Å². The van der Waals surface area contributed by atoms with Crippen molar-refractivity contribution in [2.45, 2.75) is 24.8 Å². The number of hydrogen-bond donors (Lipinski definition) is 1. The molecule has 0 unspecified atom stereocenters. The number of hydrogen-bond acceptors (Lipinski definition) is 6. The van der Waals surface area contributed by atoms with Crippen molar-refractivity contribution < 1.29 is 13.9 Å². The highest BCUT2D eigenvalue weighted by Crippen LogP contribution is 2.32. The molecule has 0 bridgehead atoms. The molecule has 0 saturated heterocycles. The lowest BCUT2D eigenvalue weighted by molar-refractivity contribution is 0.101. The molecule has 142 valence electrons. The highest BCUT2D eigenvalue weighted by molar-refractivity contribution is 7.98. The van der Waals surface area contributed by atoms with Crippen molar-refractivity contribution in [3.05, 3.63) is 59.8 Å². The third kappa shape index (κ3) is 3.66. The molecule has 1 N–H and O–H groups in total. The molecule has 28 heavy (non-hydrogen) atoms. The van der Waals surface area contributed by atoms with Gasteiger partial charge < -0.3 is 14.1 Å². The molecule has 4 aromatic rings. The fourth-order valence-corrected chi connectivity index (χ4v) is 3.71. The normalized spacial score (nSPS) is 11.1. The highest BCUT2D eigenvalue weighted by atomic mass is 32.2. The van der Waals surface area contributed by atoms with Gasteiger partial charge in [-0.25, -0.2) is 0 Å². The van der Waals surface area contributed by atoms with Crippen molar-refractivity contribution in [1.29, 1.82) is 0 Å². The molecule has 0 radical (unpaired) electrons. The molecule has 0 saturated carbocycles. The van der Waals surface area contributed by atoms with E-state index in [9.17, 15) is 4.79 Å². The number of rotatable bonds is 7. The van der Waals surface area contributed by atoms with Gasteiger partial charge in [-0.15, -0.1) is 10.2 Å². The Bertz CT molecular complexity index is 1130. The number of para-hydroxylation sites is 1. The van der Waals surface area contributed by atoms with Crippen LogP contribution < -0.4 is 4.74 Å². The number of carbonyl (C=O) groups excluding carboxylic acids is 1. The van der Waals surface area contributed by atoms with Crippen LogP contribution in [0.1, 0.15) is 29.8 Å². The zero-order valence-corrected chi connectivity index (χ0v) is 16.4. The SMILES string of the molecule is CCOc1ccc(C(C)=O)cc1CSc1nnc(-c2c[nH]c3ccccc23)o1. The van der Waals surface area contributed by atoms with E-state index >= 15 is 0 Å². The zero-order valence-electron chi connectivity index (χ0n) is 15.6. The van der Waals surface area contributed by atoms with Crippen LogP contribution in [0.2, 0.25) is 0 Å². The number of nitrogens with zero attached hydrogens (tertiary/aromatic N) is 2. The molecule has 4 rings (SSSR count). The zero-order chi connectivity index (χ0) is 19.5. The first-order chi connectivity index (χ1) is 13.7. The lowest BCUT2D eigenvalue weighted by Gasteiger charge is -2.10. The van der Waals surface area contributed by atoms with E-state index in [-0.39, 0.29) is 5.78 Å². The number of benzene rings is 2. The minimum absolute atomic E-state index is 0.0220. The van der Waals surface area contributed by atoms with E-state index in [1.54, 1.807) is 13.0 Å². The Labute approximate surface area is 166 Å². The van der Waals surface area contributed by atoms with E-state index in [1.165, 1.54) is 11.8 Å². The third-order valence-electron chi connectivity index (χ3n) is 4.34. The smallest absolute Gasteiger partial charge is 0.277 e. The topological polar surface area (TPSA) is 81.0 Å². The number of carbonyl (C=O) groups is 1. The van der Waals surface area contributed by atoms with Crippen molar-refractivity contribution in [1.82, 2.24) is 15.2 Å². The minimum Gasteiger partial charge on any atom is -0.494 e. The molecule has 2 aromatic heterocycles. The maximum atomic E-state index is 11.7. The summed E-state index contributed by atoms with van der Waals surface area (Å²) in [5, 5.41) is 9.84. The molecule has 0 fully saturated rings. The Hall–Kier alpha value is -3.06. The first-order valence-corrected chi connectivity index (χ1v) is 9.93. The molecule has 0 aliphatic rings. The van der Waals surface area contributed by atoms with Crippen molar-refractivity contribution in [3.63, 3.8) is 0 Å². The van der Waals surface area contributed by atoms with Crippen molar-refractivity contribution >= 4 is 28.4 Å². The fourth-order valence-electron chi connectivity index (χ4n) is 2.97. The van der Waals surface area contributed by atoms with Gasteiger partial charge in [-0.3, -0.25) is 4.79 Å². The van der Waals surface area contributed by atoms with Gasteiger partial charge in [-0.2, -0.15) is 0 Å². The molecule has 0 aliphatic heterocycles. The lowest BCUT2D eigenvalue weighted by atomic mass is 10.1. The van der Waals surface area contributed by atoms with Crippen molar-refractivity contribution in [3.8, 4) is 17.2 Å². The van der Waals surface area contributed by atoms with Crippen LogP contribution in [0.3, 0.4) is 0 Å². The molecule has 0 aliphatic carbocycles. The lowest BCUT2D eigenvalue weighted by Crippen LogP contribution is -1.99. The second kappa shape index (κ2) is 7.90. The minimum atomic E-state index is 0.0220. The summed E-state index contributed by atoms with van der Waals surface area (Å²) in [7, 11) is 0. The largest absolute Gasteiger partial charge is 0.494 e. The summed E-state index contributed by atoms with van der Waals surface area (Å²) in [4.78, 5) is 14.9. The molecule has 0 amide bonds. The average Bonchev–Trinajstić information content (AvgIpc) is 3.34. The number of nitrogens with one attached hydrogen (secondary N) is 1. The Balaban J connectivity index is 1.55. The predicted octanol–water partition coefficient (Wildman–Crippen LogP) is 5.11. The maximum Gasteiger partial charge on any atom is 0.277 e. The number of ketones is 1. The Kier molecular flexibility index (Phi) is 5.16. The molecular formula is C21H19N3O3S. The average molecular weight is 393 g/mol. The first kappa shape index (κ1) is 18.3. The first-order valence-electron chi connectivity index (χ1n) is 8.95. The van der Waals surface area contributed by atoms with E-state index in [2.05, 4.69) is 15.2 Å². The molecule has 2 heterocycles. The van der Waals surface area contributed by atoms with Crippen LogP contribution in [-0.4, -0.2) is 27.6 Å². The molecular weight excluding hydrogens is 374 g/mol. The van der Waals surface area contributed by atoms with Gasteiger partial charge in [0.1, 0.15) is 5.75 Å². The summed E-state index contributed by atoms with van der Waals surface area (Å²) in [6, 6.07) is 13.4. The van der Waals surface area contributed by atoms with Crippen LogP contribution in [-0.2, 0) is 5.75 Å². The molecule has 0 spiro atoms. The van der Waals surface area contributed by atoms with Gasteiger partial charge in [-0.05, 0) is 38.1 Å². The third-order valence-corrected chi connectivity index (χ3v) is 5.21. The fraction of sp³-hybridized carbons (Fsp3) is 0.190. The van der Waals surface area contributed by atoms with Gasteiger partial charge in [0.25, 0.3) is 11.1 Å². The molecule has 7 heteroatoms. The van der Waals surface area contributed by atoms with Gasteiger partial charge in [0, 0.05) is 34.0 Å². The van der Waals surface area contributed by atoms with Crippen LogP contribution in [0.4, 0.5) is 0 Å². The number of thioether (sulfide) groups is 1. The van der Waals surface area contributed by atoms with Gasteiger partial charge in [0.2, 0.25) is 0 Å². The van der Waals surface area contributed by atoms with E-state index < -0.39 is 0 Å². The summed E-state index contributed by atoms with van der Waals surface area (Å²) in [5.41, 5.74) is 3.48. The highest BCUT2D eigenvalue weighted by Gasteiger charge is 2.15. The molecule has 2 aromatic carbocycles. The number of H-pyrrole nitrogens is 1. The van der Waals surface area contributed by atoms with E-state index in [0.29, 0.717) is 29.0 Å². The Morgan fingerprint density at radius 1 is 1.21 bits per heavy atom. The van der Waals surface area contributed by atoms with Gasteiger partial charge in [-0.1, -0.05) is 30.0 Å². The summed E-state index contributed by atoms with van der Waals surface area (Å²) in [5.74, 6) is 1.82. The van der Waals surface area contributed by atoms with Crippen LogP contribution in [0.25, 0.3) is 22.4 Å². The molecule has 6 nitrogen and oxygen atoms in total. The summed E-state index contributed by atoms with van der Waals surface area (Å²) < 4.78 is 11.5. The number of Topliss-reactive ketones (excluding diaryl/α,β-unsaturated/α-hetero) is 1. The number of fused-ring (bicyclic) bond motifs is 1. The van der Waals surface area contributed by atoms with Crippen molar-refractivity contribution in [2.75, 3.05) is 6.61 Å². The van der Waals surface area contributed by atoms with Crippen LogP contribution in [0.15, 0.2) is 58.3 Å². The van der Waals surface area contributed by atoms with Crippen LogP contribution in [0.5, 0.6) is 5.75 Å². The van der Waals surface area contributed by atoms with Crippen LogP contribution >= 0.6 is 11.8 Å². The van der Waals surface area contributed by atoms with E-state index in [4.69, 9.17) is 9.15 Å². The standard InChI is InChI=1S/C21H19N3O3S/c1-3-26-19-9-8-14(13(2)25)10-15(19)12-28-21-24-23-20(27-21)17-11-22-18-7-5-4-6-16(17)18/h4-11,22H,3,12H2,1-2H3. The monoisotopic (exact) mass is 393 g/mol. The predicted molar refractivity (Wildman–Crippen MR) is 109 cm³/mol. The molecule has 0 atom stereocenters. The Morgan fingerprint density at radius 2 is 2.07 bits per heavy atom. The summed E-state index contributed by atoms with van der Waals surface area (Å²) in [6.45, 7) is 4.04. The second-order valence-corrected chi connectivity index (χ2v) is 7.15. The maximum absolute atomic E-state index is 11.7. The quantitative estimate of drug-likeness (QED) is 0.347. The number of aromatic nitrogens is 3. The Morgan fingerprint density at radius 3 is 2.89 bits per heavy atom. The van der Waals surface area contributed by atoms with E-state index in [0.717, 1.165) is 27.8 Å².